The smallest absolute Gasteiger partial charge is 0.155 e. The van der Waals surface area contributed by atoms with E-state index in [0.29, 0.717) is 18.2 Å². The van der Waals surface area contributed by atoms with Gasteiger partial charge in [-0.05, 0) is 99.2 Å². The molecule has 0 aromatic rings. The van der Waals surface area contributed by atoms with Crippen LogP contribution in [0.15, 0.2) is 12.4 Å². The summed E-state index contributed by atoms with van der Waals surface area (Å²) in [6, 6.07) is 0. The van der Waals surface area contributed by atoms with Crippen LogP contribution in [0, 0.1) is 46.8 Å². The predicted molar refractivity (Wildman–Crippen MR) is 119 cm³/mol. The third-order valence-corrected chi connectivity index (χ3v) is 10.3. The van der Waals surface area contributed by atoms with Crippen molar-refractivity contribution in [2.24, 2.45) is 46.8 Å². The number of Topliss-reactive ketones (excluding diaryl/α,β-unsaturated/α-hetero) is 1. The van der Waals surface area contributed by atoms with E-state index in [1.807, 2.05) is 12.4 Å². The highest BCUT2D eigenvalue weighted by Gasteiger charge is 2.61. The maximum atomic E-state index is 13.5. The zero-order valence-corrected chi connectivity index (χ0v) is 19.3. The van der Waals surface area contributed by atoms with Crippen LogP contribution in [0.3, 0.4) is 0 Å². The lowest BCUT2D eigenvalue weighted by Crippen LogP contribution is -2.52. The minimum Gasteiger partial charge on any atom is -0.390 e. The molecule has 4 saturated carbocycles. The summed E-state index contributed by atoms with van der Waals surface area (Å²) in [5.74, 6) is 5.36. The second-order valence-electron chi connectivity index (χ2n) is 12.0. The lowest BCUT2D eigenvalue weighted by Gasteiger charge is -2.57. The average Bonchev–Trinajstić information content (AvgIpc) is 3.31. The van der Waals surface area contributed by atoms with Crippen LogP contribution in [0.5, 0.6) is 0 Å². The lowest BCUT2D eigenvalue weighted by molar-refractivity contribution is -0.133. The fraction of sp³-hybridized carbons (Fsp3) is 0.885. The molecule has 0 spiro atoms. The Balaban J connectivity index is 1.36. The molecule has 0 aromatic carbocycles. The van der Waals surface area contributed by atoms with E-state index in [0.717, 1.165) is 55.5 Å². The number of nitrogens with zero attached hydrogens (tertiary/aromatic N) is 1. The Bertz CT molecular complexity index is 703. The van der Waals surface area contributed by atoms with Gasteiger partial charge in [0.15, 0.2) is 5.78 Å². The Morgan fingerprint density at radius 3 is 2.67 bits per heavy atom. The number of hydrogen-bond acceptors (Lipinski definition) is 4. The zero-order chi connectivity index (χ0) is 21.1. The van der Waals surface area contributed by atoms with Crippen LogP contribution < -0.4 is 5.32 Å². The highest BCUT2D eigenvalue weighted by Crippen LogP contribution is 2.66. The molecule has 0 bridgehead atoms. The highest BCUT2D eigenvalue weighted by atomic mass is 16.3. The Hall–Kier alpha value is -1.03. The third-order valence-electron chi connectivity index (χ3n) is 10.3. The molecule has 0 amide bonds. The summed E-state index contributed by atoms with van der Waals surface area (Å²) >= 11 is 0. The summed E-state index contributed by atoms with van der Waals surface area (Å²) < 4.78 is 0. The molecule has 9 atom stereocenters. The summed E-state index contributed by atoms with van der Waals surface area (Å²) in [5.41, 5.74) is -0.240. The van der Waals surface area contributed by atoms with Gasteiger partial charge in [-0.2, -0.15) is 0 Å². The van der Waals surface area contributed by atoms with Crippen molar-refractivity contribution >= 4 is 5.78 Å². The van der Waals surface area contributed by atoms with E-state index in [1.165, 1.54) is 38.5 Å². The second kappa shape index (κ2) is 7.53. The Morgan fingerprint density at radius 2 is 1.93 bits per heavy atom. The van der Waals surface area contributed by atoms with E-state index >= 15 is 0 Å². The minimum atomic E-state index is -0.438. The molecule has 4 aliphatic carbocycles. The largest absolute Gasteiger partial charge is 0.390 e. The molecule has 0 saturated heterocycles. The monoisotopic (exact) mass is 414 g/mol. The molecule has 1 heterocycles. The van der Waals surface area contributed by atoms with E-state index in [4.69, 9.17) is 0 Å². The van der Waals surface area contributed by atoms with Crippen LogP contribution in [-0.2, 0) is 4.79 Å². The van der Waals surface area contributed by atoms with E-state index in [9.17, 15) is 9.90 Å². The summed E-state index contributed by atoms with van der Waals surface area (Å²) in [6.45, 7) is 8.24. The molecule has 0 unspecified atom stereocenters. The first kappa shape index (κ1) is 20.8. The standard InChI is InChI=1S/C26H42N2O2/c1-4-17-13-22(23(29)15-28-12-11-27-16-28)26(3)10-8-20-19-7-9-25(2,30)14-18(19)5-6-21(20)24(17)26/h11-12,17-22,24,27,30H,4-10,13-16H2,1-3H3/t17-,18-,19+,20-,21-,22-,24+,25-,26-/m1/s1. The number of carbonyl (C=O) groups is 1. The molecular weight excluding hydrogens is 372 g/mol. The molecule has 4 nitrogen and oxygen atoms in total. The second-order valence-corrected chi connectivity index (χ2v) is 12.0. The fourth-order valence-electron chi connectivity index (χ4n) is 9.09. The van der Waals surface area contributed by atoms with Crippen LogP contribution in [0.1, 0.15) is 78.6 Å². The molecule has 4 fully saturated rings. The third kappa shape index (κ3) is 3.32. The van der Waals surface area contributed by atoms with Crippen LogP contribution in [0.25, 0.3) is 0 Å². The van der Waals surface area contributed by atoms with Gasteiger partial charge >= 0.3 is 0 Å². The summed E-state index contributed by atoms with van der Waals surface area (Å²) in [6.07, 6.45) is 14.7. The zero-order valence-electron chi connectivity index (χ0n) is 19.3. The molecule has 0 radical (unpaired) electrons. The van der Waals surface area contributed by atoms with Crippen molar-refractivity contribution in [2.45, 2.75) is 84.2 Å². The van der Waals surface area contributed by atoms with Gasteiger partial charge in [-0.1, -0.05) is 20.3 Å². The van der Waals surface area contributed by atoms with Crippen molar-refractivity contribution in [3.63, 3.8) is 0 Å². The quantitative estimate of drug-likeness (QED) is 0.709. The molecule has 30 heavy (non-hydrogen) atoms. The number of carbonyl (C=O) groups excluding carboxylic acids is 1. The van der Waals surface area contributed by atoms with Gasteiger partial charge in [0.25, 0.3) is 0 Å². The molecule has 4 heteroatoms. The van der Waals surface area contributed by atoms with Crippen molar-refractivity contribution < 1.29 is 9.90 Å². The Labute approximate surface area is 182 Å². The van der Waals surface area contributed by atoms with Gasteiger partial charge < -0.3 is 15.3 Å². The van der Waals surface area contributed by atoms with Crippen molar-refractivity contribution in [1.29, 1.82) is 0 Å². The maximum absolute atomic E-state index is 13.5. The van der Waals surface area contributed by atoms with Gasteiger partial charge in [0, 0.05) is 18.3 Å². The van der Waals surface area contributed by atoms with E-state index < -0.39 is 5.60 Å². The summed E-state index contributed by atoms with van der Waals surface area (Å²) in [7, 11) is 0. The first-order valence-corrected chi connectivity index (χ1v) is 12.7. The van der Waals surface area contributed by atoms with Crippen LogP contribution >= 0.6 is 0 Å². The van der Waals surface area contributed by atoms with Gasteiger partial charge in [0.05, 0.1) is 18.8 Å². The first-order valence-electron chi connectivity index (χ1n) is 12.7. The van der Waals surface area contributed by atoms with Crippen molar-refractivity contribution in [3.05, 3.63) is 12.4 Å². The van der Waals surface area contributed by atoms with E-state index in [2.05, 4.69) is 31.0 Å². The normalized spacial score (nSPS) is 49.9. The van der Waals surface area contributed by atoms with Crippen molar-refractivity contribution in [1.82, 2.24) is 10.2 Å². The van der Waals surface area contributed by atoms with E-state index in [1.54, 1.807) is 0 Å². The number of fused-ring (bicyclic) bond motifs is 5. The van der Waals surface area contributed by atoms with Gasteiger partial charge in [0.2, 0.25) is 0 Å². The van der Waals surface area contributed by atoms with Crippen molar-refractivity contribution in [2.75, 3.05) is 13.2 Å². The number of rotatable bonds is 4. The molecule has 1 aliphatic heterocycles. The van der Waals surface area contributed by atoms with Gasteiger partial charge in [0.1, 0.15) is 0 Å². The topological polar surface area (TPSA) is 52.6 Å². The molecule has 5 rings (SSSR count). The van der Waals surface area contributed by atoms with E-state index in [-0.39, 0.29) is 11.3 Å². The predicted octanol–water partition coefficient (Wildman–Crippen LogP) is 4.55. The minimum absolute atomic E-state index is 0.197. The summed E-state index contributed by atoms with van der Waals surface area (Å²) in [5, 5.41) is 13.8. The lowest BCUT2D eigenvalue weighted by atomic mass is 9.48. The first-order chi connectivity index (χ1) is 14.3. The highest BCUT2D eigenvalue weighted by molar-refractivity contribution is 5.84. The van der Waals surface area contributed by atoms with Gasteiger partial charge in [-0.3, -0.25) is 4.79 Å². The number of ketones is 1. The SMILES string of the molecule is CC[C@@H]1C[C@H](C(=O)CN2C=CNC2)[C@@]2(C)CC[C@H]3[C@@H](CC[C@@H]4C[C@](C)(O)CC[C@@H]43)[C@H]12. The molecule has 2 N–H and O–H groups in total. The Morgan fingerprint density at radius 1 is 1.13 bits per heavy atom. The van der Waals surface area contributed by atoms with Gasteiger partial charge in [-0.15, -0.1) is 0 Å². The number of hydrogen-bond donors (Lipinski definition) is 2. The van der Waals surface area contributed by atoms with Crippen molar-refractivity contribution in [3.8, 4) is 0 Å². The molecular formula is C26H42N2O2. The Kier molecular flexibility index (Phi) is 5.24. The average molecular weight is 415 g/mol. The number of aliphatic hydroxyl groups is 1. The van der Waals surface area contributed by atoms with Crippen LogP contribution in [0.2, 0.25) is 0 Å². The molecule has 5 aliphatic rings. The maximum Gasteiger partial charge on any atom is 0.155 e. The fourth-order valence-corrected chi connectivity index (χ4v) is 9.09. The summed E-state index contributed by atoms with van der Waals surface area (Å²) in [4.78, 5) is 15.6. The van der Waals surface area contributed by atoms with Gasteiger partial charge in [-0.25, -0.2) is 0 Å². The van der Waals surface area contributed by atoms with Crippen LogP contribution in [-0.4, -0.2) is 34.6 Å². The molecule has 168 valence electrons. The molecule has 0 aromatic heterocycles. The van der Waals surface area contributed by atoms with Crippen LogP contribution in [0.4, 0.5) is 0 Å². The number of nitrogens with one attached hydrogen (secondary N) is 1.